The van der Waals surface area contributed by atoms with Gasteiger partial charge < -0.3 is 5.11 Å². The molecule has 0 amide bonds. The lowest BCUT2D eigenvalue weighted by atomic mass is 10.3. The van der Waals surface area contributed by atoms with Gasteiger partial charge >= 0.3 is 0 Å². The number of aliphatic hydroxyl groups excluding tert-OH is 1. The summed E-state index contributed by atoms with van der Waals surface area (Å²) in [7, 11) is 0. The summed E-state index contributed by atoms with van der Waals surface area (Å²) in [6.07, 6.45) is 0. The maximum absolute atomic E-state index is 10.0. The molecule has 0 heterocycles. The Kier molecular flexibility index (Phi) is 10.0. The fourth-order valence-electron chi connectivity index (χ4n) is 0.550. The highest BCUT2D eigenvalue weighted by atomic mass is 32.1. The molecular formula is C8H13NO3S. The van der Waals surface area contributed by atoms with E-state index in [4.69, 9.17) is 5.11 Å². The Morgan fingerprint density at radius 3 is 2.00 bits per heavy atom. The van der Waals surface area contributed by atoms with Crippen LogP contribution in [0.2, 0.25) is 0 Å². The fourth-order valence-corrected chi connectivity index (χ4v) is 0.550. The van der Waals surface area contributed by atoms with Crippen LogP contribution in [0.4, 0.5) is 5.69 Å². The first-order valence-corrected chi connectivity index (χ1v) is 3.52. The van der Waals surface area contributed by atoms with Crippen molar-refractivity contribution in [2.24, 2.45) is 0 Å². The molecule has 0 aliphatic heterocycles. The van der Waals surface area contributed by atoms with Gasteiger partial charge in [0.1, 0.15) is 0 Å². The molecule has 1 rings (SSSR count). The Bertz CT molecular complexity index is 228. The average Bonchev–Trinajstić information content (AvgIpc) is 2.07. The zero-order chi connectivity index (χ0) is 9.40. The van der Waals surface area contributed by atoms with Gasteiger partial charge in [-0.25, -0.2) is 0 Å². The van der Waals surface area contributed by atoms with Crippen LogP contribution in [-0.4, -0.2) is 16.6 Å². The number of hydrogen-bond donors (Lipinski definition) is 1. The molecule has 0 bridgehead atoms. The van der Waals surface area contributed by atoms with Gasteiger partial charge in [-0.1, -0.05) is 18.2 Å². The van der Waals surface area contributed by atoms with E-state index >= 15 is 0 Å². The normalized spacial score (nSPS) is 7.54. The van der Waals surface area contributed by atoms with Gasteiger partial charge in [-0.15, -0.1) is 0 Å². The Labute approximate surface area is 83.8 Å². The number of rotatable bonds is 1. The Balaban J connectivity index is 0. The lowest BCUT2D eigenvalue weighted by Crippen LogP contribution is -1.84. The van der Waals surface area contributed by atoms with Gasteiger partial charge in [0.15, 0.2) is 0 Å². The van der Waals surface area contributed by atoms with Gasteiger partial charge in [0.2, 0.25) is 0 Å². The molecule has 0 radical (unpaired) electrons. The Hall–Kier alpha value is -1.07. The van der Waals surface area contributed by atoms with E-state index in [0.717, 1.165) is 0 Å². The molecular weight excluding hydrogens is 190 g/mol. The lowest BCUT2D eigenvalue weighted by molar-refractivity contribution is -0.384. The van der Waals surface area contributed by atoms with Crippen LogP contribution in [0.3, 0.4) is 0 Å². The van der Waals surface area contributed by atoms with Crippen molar-refractivity contribution in [2.45, 2.75) is 6.92 Å². The Morgan fingerprint density at radius 2 is 1.77 bits per heavy atom. The van der Waals surface area contributed by atoms with Crippen LogP contribution >= 0.6 is 13.5 Å². The lowest BCUT2D eigenvalue weighted by Gasteiger charge is -1.85. The smallest absolute Gasteiger partial charge is 0.269 e. The molecule has 0 atom stereocenters. The predicted octanol–water partition coefficient (Wildman–Crippen LogP) is 1.71. The highest BCUT2D eigenvalue weighted by Gasteiger charge is 1.98. The largest absolute Gasteiger partial charge is 0.397 e. The van der Waals surface area contributed by atoms with Gasteiger partial charge in [-0.05, 0) is 6.92 Å². The monoisotopic (exact) mass is 203 g/mol. The SMILES string of the molecule is CCO.O=[N+]([O-])c1ccccc1.S. The van der Waals surface area contributed by atoms with E-state index in [9.17, 15) is 10.1 Å². The number of aliphatic hydroxyl groups is 1. The second-order valence-electron chi connectivity index (χ2n) is 1.91. The highest BCUT2D eigenvalue weighted by molar-refractivity contribution is 7.59. The van der Waals surface area contributed by atoms with Crippen molar-refractivity contribution in [3.8, 4) is 0 Å². The third-order valence-corrected chi connectivity index (χ3v) is 0.967. The molecule has 0 aliphatic carbocycles. The molecule has 1 aromatic rings. The topological polar surface area (TPSA) is 63.4 Å². The molecule has 0 unspecified atom stereocenters. The third kappa shape index (κ3) is 7.30. The van der Waals surface area contributed by atoms with E-state index in [2.05, 4.69) is 0 Å². The first-order chi connectivity index (χ1) is 5.72. The molecule has 0 saturated heterocycles. The molecule has 74 valence electrons. The standard InChI is InChI=1S/C6H5NO2.C2H6O.H2S/c8-7(9)6-4-2-1-3-5-6;1-2-3;/h1-5H;3H,2H2,1H3;1H2. The van der Waals surface area contributed by atoms with Crippen molar-refractivity contribution in [3.63, 3.8) is 0 Å². The summed E-state index contributed by atoms with van der Waals surface area (Å²) >= 11 is 0. The van der Waals surface area contributed by atoms with Crippen LogP contribution in [0, 0.1) is 10.1 Å². The predicted molar refractivity (Wildman–Crippen MR) is 56.2 cm³/mol. The molecule has 1 N–H and O–H groups in total. The number of benzene rings is 1. The summed E-state index contributed by atoms with van der Waals surface area (Å²) < 4.78 is 0. The fraction of sp³-hybridized carbons (Fsp3) is 0.250. The molecule has 4 nitrogen and oxygen atoms in total. The minimum Gasteiger partial charge on any atom is -0.397 e. The van der Waals surface area contributed by atoms with E-state index in [1.165, 1.54) is 12.1 Å². The number of hydrogen-bond acceptors (Lipinski definition) is 3. The molecule has 5 heteroatoms. The van der Waals surface area contributed by atoms with Crippen molar-refractivity contribution in [3.05, 3.63) is 40.4 Å². The number of nitro benzene ring substituents is 1. The molecule has 0 spiro atoms. The Morgan fingerprint density at radius 1 is 1.38 bits per heavy atom. The number of non-ortho nitro benzene ring substituents is 1. The molecule has 0 aliphatic rings. The molecule has 0 aromatic heterocycles. The summed E-state index contributed by atoms with van der Waals surface area (Å²) in [5.74, 6) is 0. The molecule has 0 saturated carbocycles. The van der Waals surface area contributed by atoms with Crippen LogP contribution in [0.15, 0.2) is 30.3 Å². The zero-order valence-corrected chi connectivity index (χ0v) is 8.30. The van der Waals surface area contributed by atoms with Gasteiger partial charge in [-0.3, -0.25) is 10.1 Å². The van der Waals surface area contributed by atoms with Crippen LogP contribution in [0.1, 0.15) is 6.92 Å². The highest BCUT2D eigenvalue weighted by Crippen LogP contribution is 2.06. The van der Waals surface area contributed by atoms with Crippen LogP contribution in [0.25, 0.3) is 0 Å². The van der Waals surface area contributed by atoms with Crippen LogP contribution in [-0.2, 0) is 0 Å². The van der Waals surface area contributed by atoms with Crippen molar-refractivity contribution in [1.82, 2.24) is 0 Å². The number of nitrogens with zero attached hydrogens (tertiary/aromatic N) is 1. The summed E-state index contributed by atoms with van der Waals surface area (Å²) in [6.45, 7) is 1.93. The maximum atomic E-state index is 10.0. The van der Waals surface area contributed by atoms with Crippen molar-refractivity contribution < 1.29 is 10.0 Å². The van der Waals surface area contributed by atoms with Crippen molar-refractivity contribution >= 4 is 19.2 Å². The van der Waals surface area contributed by atoms with Crippen molar-refractivity contribution in [1.29, 1.82) is 0 Å². The zero-order valence-electron chi connectivity index (χ0n) is 7.30. The summed E-state index contributed by atoms with van der Waals surface area (Å²) in [4.78, 5) is 9.59. The van der Waals surface area contributed by atoms with Gasteiger partial charge in [0, 0.05) is 18.7 Å². The molecule has 1 aromatic carbocycles. The van der Waals surface area contributed by atoms with Crippen LogP contribution in [0.5, 0.6) is 0 Å². The van der Waals surface area contributed by atoms with Gasteiger partial charge in [0.25, 0.3) is 5.69 Å². The minimum absolute atomic E-state index is 0. The van der Waals surface area contributed by atoms with E-state index in [-0.39, 0.29) is 25.8 Å². The van der Waals surface area contributed by atoms with Gasteiger partial charge in [-0.2, -0.15) is 13.5 Å². The van der Waals surface area contributed by atoms with Crippen LogP contribution < -0.4 is 0 Å². The van der Waals surface area contributed by atoms with Crippen molar-refractivity contribution in [2.75, 3.05) is 6.61 Å². The third-order valence-electron chi connectivity index (χ3n) is 0.967. The summed E-state index contributed by atoms with van der Waals surface area (Å²) in [5.41, 5.74) is 0.137. The van der Waals surface area contributed by atoms with Gasteiger partial charge in [0.05, 0.1) is 4.92 Å². The second kappa shape index (κ2) is 9.02. The number of para-hydroxylation sites is 1. The quantitative estimate of drug-likeness (QED) is 0.558. The first kappa shape index (κ1) is 14.5. The summed E-state index contributed by atoms with van der Waals surface area (Å²) in [5, 5.41) is 17.6. The maximum Gasteiger partial charge on any atom is 0.269 e. The van der Waals surface area contributed by atoms with E-state index in [0.29, 0.717) is 0 Å². The molecule has 0 fully saturated rings. The minimum atomic E-state index is -0.417. The second-order valence-corrected chi connectivity index (χ2v) is 1.91. The van der Waals surface area contributed by atoms with E-state index in [1.54, 1.807) is 25.1 Å². The van der Waals surface area contributed by atoms with E-state index < -0.39 is 4.92 Å². The average molecular weight is 203 g/mol. The summed E-state index contributed by atoms with van der Waals surface area (Å²) in [6, 6.07) is 7.93. The number of nitro groups is 1. The first-order valence-electron chi connectivity index (χ1n) is 3.52. The van der Waals surface area contributed by atoms with E-state index in [1.807, 2.05) is 0 Å². The molecule has 13 heavy (non-hydrogen) atoms.